The van der Waals surface area contributed by atoms with Crippen LogP contribution in [0.1, 0.15) is 18.9 Å². The number of rotatable bonds is 7. The van der Waals surface area contributed by atoms with E-state index in [4.69, 9.17) is 0 Å². The van der Waals surface area contributed by atoms with E-state index in [2.05, 4.69) is 32.1 Å². The minimum Gasteiger partial charge on any atom is -0.406 e. The number of urea groups is 1. The molecule has 41 heavy (non-hydrogen) atoms. The number of amides is 3. The zero-order valence-corrected chi connectivity index (χ0v) is 22.4. The van der Waals surface area contributed by atoms with Gasteiger partial charge in [0.2, 0.25) is 5.91 Å². The zero-order chi connectivity index (χ0) is 29.0. The number of thioether (sulfide) groups is 1. The van der Waals surface area contributed by atoms with Gasteiger partial charge in [0.25, 0.3) is 0 Å². The second-order valence-corrected chi connectivity index (χ2v) is 9.80. The van der Waals surface area contributed by atoms with Gasteiger partial charge in [0.05, 0.1) is 17.1 Å². The van der Waals surface area contributed by atoms with Crippen LogP contribution < -0.4 is 15.0 Å². The van der Waals surface area contributed by atoms with Crippen LogP contribution in [0, 0.1) is 0 Å². The summed E-state index contributed by atoms with van der Waals surface area (Å²) >= 11 is 1.21. The Labute approximate surface area is 237 Å². The summed E-state index contributed by atoms with van der Waals surface area (Å²) in [5.74, 6) is 0.108. The molecule has 0 spiro atoms. The first kappa shape index (κ1) is 27.9. The van der Waals surface area contributed by atoms with Crippen LogP contribution >= 0.6 is 11.8 Å². The van der Waals surface area contributed by atoms with Crippen molar-refractivity contribution in [2.24, 2.45) is 4.99 Å². The molecule has 1 N–H and O–H groups in total. The number of nitrogens with one attached hydrogen (secondary N) is 1. The third-order valence-corrected chi connectivity index (χ3v) is 6.86. The number of aromatic nitrogens is 3. The van der Waals surface area contributed by atoms with Crippen molar-refractivity contribution in [1.82, 2.24) is 14.8 Å². The second kappa shape index (κ2) is 11.8. The van der Waals surface area contributed by atoms with Gasteiger partial charge < -0.3 is 10.1 Å². The van der Waals surface area contributed by atoms with Gasteiger partial charge >= 0.3 is 12.4 Å². The van der Waals surface area contributed by atoms with Gasteiger partial charge in [-0.2, -0.15) is 4.99 Å². The maximum atomic E-state index is 12.7. The summed E-state index contributed by atoms with van der Waals surface area (Å²) in [4.78, 5) is 35.3. The fourth-order valence-electron chi connectivity index (χ4n) is 4.15. The number of nitrogens with zero attached hydrogens (tertiary/aromatic N) is 5. The van der Waals surface area contributed by atoms with Crippen LogP contribution in [-0.4, -0.2) is 44.0 Å². The van der Waals surface area contributed by atoms with E-state index in [0.717, 1.165) is 24.1 Å². The fraction of sp³-hybridized carbons (Fsp3) is 0.179. The molecule has 4 aromatic rings. The number of para-hydroxylation sites is 1. The van der Waals surface area contributed by atoms with Gasteiger partial charge in [-0.1, -0.05) is 43.3 Å². The Morgan fingerprint density at radius 2 is 1.80 bits per heavy atom. The highest BCUT2D eigenvalue weighted by molar-refractivity contribution is 8.15. The van der Waals surface area contributed by atoms with Crippen molar-refractivity contribution < 1.29 is 27.5 Å². The summed E-state index contributed by atoms with van der Waals surface area (Å²) in [5, 5.41) is 7.40. The maximum Gasteiger partial charge on any atom is 0.573 e. The van der Waals surface area contributed by atoms with Crippen molar-refractivity contribution in [3.05, 3.63) is 84.7 Å². The van der Waals surface area contributed by atoms with Crippen molar-refractivity contribution >= 4 is 40.2 Å². The molecule has 0 saturated carbocycles. The smallest absolute Gasteiger partial charge is 0.406 e. The molecule has 0 unspecified atom stereocenters. The lowest BCUT2D eigenvalue weighted by Gasteiger charge is -2.19. The number of anilines is 2. The highest BCUT2D eigenvalue weighted by atomic mass is 32.2. The number of ether oxygens (including phenoxy) is 1. The predicted octanol–water partition coefficient (Wildman–Crippen LogP) is 6.45. The van der Waals surface area contributed by atoms with E-state index >= 15 is 0 Å². The zero-order valence-electron chi connectivity index (χ0n) is 21.6. The van der Waals surface area contributed by atoms with Crippen LogP contribution in [0.2, 0.25) is 0 Å². The lowest BCUT2D eigenvalue weighted by molar-refractivity contribution is -0.274. The summed E-state index contributed by atoms with van der Waals surface area (Å²) in [7, 11) is 0. The lowest BCUT2D eigenvalue weighted by Crippen LogP contribution is -2.31. The Kier molecular flexibility index (Phi) is 8.06. The van der Waals surface area contributed by atoms with Crippen LogP contribution in [-0.2, 0) is 11.2 Å². The molecule has 210 valence electrons. The summed E-state index contributed by atoms with van der Waals surface area (Å²) in [6.07, 6.45) is -1.62. The molecule has 3 amide bonds. The molecular weight excluding hydrogens is 557 g/mol. The number of alkyl halides is 3. The average Bonchev–Trinajstić information content (AvgIpc) is 3.56. The third kappa shape index (κ3) is 6.74. The van der Waals surface area contributed by atoms with E-state index < -0.39 is 12.4 Å². The van der Waals surface area contributed by atoms with Gasteiger partial charge in [0, 0.05) is 11.3 Å². The molecule has 0 aliphatic carbocycles. The fourth-order valence-corrected chi connectivity index (χ4v) is 5.01. The SMILES string of the molecule is CCCc1ccccc1N1C(=O)CS/C1=N\C(=O)Nc1ccc(-c2ncn(-c3ccc(OC(F)(F)F)cc3)n2)cc1. The first-order chi connectivity index (χ1) is 19.7. The molecule has 1 saturated heterocycles. The number of aliphatic imine (C=N–C) groups is 1. The van der Waals surface area contributed by atoms with Crippen molar-refractivity contribution in [3.63, 3.8) is 0 Å². The first-order valence-corrected chi connectivity index (χ1v) is 13.5. The number of hydrogen-bond acceptors (Lipinski definition) is 6. The number of hydrogen-bond donors (Lipinski definition) is 1. The molecule has 13 heteroatoms. The van der Waals surface area contributed by atoms with Crippen LogP contribution in [0.25, 0.3) is 17.1 Å². The molecule has 1 aliphatic heterocycles. The summed E-state index contributed by atoms with van der Waals surface area (Å²) in [6.45, 7) is 2.06. The topological polar surface area (TPSA) is 102 Å². The van der Waals surface area contributed by atoms with Crippen molar-refractivity contribution in [1.29, 1.82) is 0 Å². The van der Waals surface area contributed by atoms with Crippen LogP contribution in [0.4, 0.5) is 29.3 Å². The molecule has 1 aromatic heterocycles. The largest absolute Gasteiger partial charge is 0.573 e. The van der Waals surface area contributed by atoms with E-state index in [1.54, 1.807) is 24.3 Å². The van der Waals surface area contributed by atoms with Gasteiger partial charge in [-0.25, -0.2) is 14.5 Å². The number of carbonyl (C=O) groups excluding carboxylic acids is 2. The normalized spacial score (nSPS) is 14.5. The van der Waals surface area contributed by atoms with Gasteiger partial charge in [0.15, 0.2) is 11.0 Å². The van der Waals surface area contributed by atoms with E-state index in [0.29, 0.717) is 27.9 Å². The van der Waals surface area contributed by atoms with E-state index in [-0.39, 0.29) is 17.4 Å². The lowest BCUT2D eigenvalue weighted by atomic mass is 10.1. The molecule has 1 aliphatic rings. The average molecular weight is 581 g/mol. The molecule has 0 radical (unpaired) electrons. The quantitative estimate of drug-likeness (QED) is 0.270. The van der Waals surface area contributed by atoms with Gasteiger partial charge in [-0.15, -0.1) is 18.3 Å². The number of aryl methyl sites for hydroxylation is 1. The number of carbonyl (C=O) groups is 2. The molecule has 0 atom stereocenters. The Bertz CT molecular complexity index is 1590. The van der Waals surface area contributed by atoms with Gasteiger partial charge in [0.1, 0.15) is 12.1 Å². The maximum absolute atomic E-state index is 12.7. The number of halogens is 3. The standard InChI is InChI=1S/C28H23F3N6O3S/c1-2-5-18-6-3-4-7-23(18)37-24(38)16-41-27(37)34-26(39)33-20-10-8-19(9-11-20)25-32-17-36(35-25)21-12-14-22(15-13-21)40-28(29,30)31/h3-4,6-15,17H,2,5,16H2,1H3,(H,33,39)/b34-27-. The number of benzene rings is 3. The van der Waals surface area contributed by atoms with Crippen LogP contribution in [0.5, 0.6) is 5.75 Å². The van der Waals surface area contributed by atoms with Crippen LogP contribution in [0.15, 0.2) is 84.1 Å². The third-order valence-electron chi connectivity index (χ3n) is 5.94. The van der Waals surface area contributed by atoms with E-state index in [1.807, 2.05) is 24.3 Å². The molecular formula is C28H23F3N6O3S. The van der Waals surface area contributed by atoms with Crippen molar-refractivity contribution in [2.75, 3.05) is 16.0 Å². The van der Waals surface area contributed by atoms with Gasteiger partial charge in [-0.05, 0) is 66.6 Å². The predicted molar refractivity (Wildman–Crippen MR) is 150 cm³/mol. The highest BCUT2D eigenvalue weighted by Crippen LogP contribution is 2.31. The minimum absolute atomic E-state index is 0.132. The van der Waals surface area contributed by atoms with Crippen molar-refractivity contribution in [2.45, 2.75) is 26.1 Å². The summed E-state index contributed by atoms with van der Waals surface area (Å²) < 4.78 is 42.4. The molecule has 0 bridgehead atoms. The van der Waals surface area contributed by atoms with Crippen molar-refractivity contribution in [3.8, 4) is 22.8 Å². The van der Waals surface area contributed by atoms with E-state index in [9.17, 15) is 22.8 Å². The molecule has 3 aromatic carbocycles. The molecule has 9 nitrogen and oxygen atoms in total. The molecule has 2 heterocycles. The Morgan fingerprint density at radius 1 is 1.07 bits per heavy atom. The Balaban J connectivity index is 1.25. The molecule has 5 rings (SSSR count). The number of amidine groups is 1. The van der Waals surface area contributed by atoms with E-state index in [1.165, 1.54) is 51.9 Å². The monoisotopic (exact) mass is 580 g/mol. The summed E-state index contributed by atoms with van der Waals surface area (Å²) in [5.41, 5.74) is 3.38. The highest BCUT2D eigenvalue weighted by Gasteiger charge is 2.32. The summed E-state index contributed by atoms with van der Waals surface area (Å²) in [6, 6.07) is 19.0. The second-order valence-electron chi connectivity index (χ2n) is 8.85. The molecule has 1 fully saturated rings. The van der Waals surface area contributed by atoms with Gasteiger partial charge in [-0.3, -0.25) is 9.69 Å². The van der Waals surface area contributed by atoms with Crippen LogP contribution in [0.3, 0.4) is 0 Å². The Morgan fingerprint density at radius 3 is 2.51 bits per heavy atom. The first-order valence-electron chi connectivity index (χ1n) is 12.5. The minimum atomic E-state index is -4.77. The Hall–Kier alpha value is -4.65.